The molecule has 1 aromatic rings. The van der Waals surface area contributed by atoms with Gasteiger partial charge in [0, 0.05) is 13.1 Å². The monoisotopic (exact) mass is 321 g/mol. The van der Waals surface area contributed by atoms with Gasteiger partial charge in [-0.25, -0.2) is 9.18 Å². The Labute approximate surface area is 138 Å². The molecule has 2 N–H and O–H groups in total. The lowest BCUT2D eigenvalue weighted by Gasteiger charge is -2.28. The zero-order valence-corrected chi connectivity index (χ0v) is 14.1. The molecule has 1 heterocycles. The molecule has 23 heavy (non-hydrogen) atoms. The first-order valence-electron chi connectivity index (χ1n) is 8.57. The Morgan fingerprint density at radius 3 is 2.43 bits per heavy atom. The summed E-state index contributed by atoms with van der Waals surface area (Å²) in [5.41, 5.74) is 1.05. The minimum Gasteiger partial charge on any atom is -0.338 e. The highest BCUT2D eigenvalue weighted by Crippen LogP contribution is 2.24. The van der Waals surface area contributed by atoms with Crippen LogP contribution in [0.15, 0.2) is 24.3 Å². The van der Waals surface area contributed by atoms with Gasteiger partial charge in [0.05, 0.1) is 6.04 Å². The fraction of sp³-hybridized carbons (Fsp3) is 0.611. The van der Waals surface area contributed by atoms with Gasteiger partial charge in [-0.15, -0.1) is 0 Å². The molecule has 1 aliphatic rings. The fourth-order valence-corrected chi connectivity index (χ4v) is 2.92. The number of urea groups is 1. The summed E-state index contributed by atoms with van der Waals surface area (Å²) in [7, 11) is 0. The van der Waals surface area contributed by atoms with Crippen molar-refractivity contribution in [3.05, 3.63) is 35.6 Å². The van der Waals surface area contributed by atoms with E-state index in [-0.39, 0.29) is 17.9 Å². The van der Waals surface area contributed by atoms with Crippen molar-refractivity contribution in [3.63, 3.8) is 0 Å². The molecule has 2 amide bonds. The number of nitrogens with zero attached hydrogens (tertiary/aromatic N) is 1. The van der Waals surface area contributed by atoms with Gasteiger partial charge in [0.1, 0.15) is 5.82 Å². The molecule has 1 atom stereocenters. The Morgan fingerprint density at radius 2 is 1.83 bits per heavy atom. The van der Waals surface area contributed by atoms with E-state index in [0.717, 1.165) is 25.1 Å². The second-order valence-electron chi connectivity index (χ2n) is 6.63. The molecule has 0 bridgehead atoms. The molecule has 0 aromatic heterocycles. The number of benzene rings is 1. The average Bonchev–Trinajstić information content (AvgIpc) is 3.03. The molecule has 0 radical (unpaired) electrons. The number of nitrogens with one attached hydrogen (secondary N) is 2. The fourth-order valence-electron chi connectivity index (χ4n) is 2.92. The van der Waals surface area contributed by atoms with E-state index in [1.54, 1.807) is 0 Å². The van der Waals surface area contributed by atoms with Crippen LogP contribution >= 0.6 is 0 Å². The summed E-state index contributed by atoms with van der Waals surface area (Å²) in [6.07, 6.45) is 3.33. The molecule has 0 saturated carbocycles. The average molecular weight is 321 g/mol. The quantitative estimate of drug-likeness (QED) is 0.809. The van der Waals surface area contributed by atoms with Gasteiger partial charge in [-0.1, -0.05) is 26.0 Å². The van der Waals surface area contributed by atoms with Crippen molar-refractivity contribution in [1.29, 1.82) is 0 Å². The number of amides is 2. The SMILES string of the molecule is CC(C)CCNC(=O)NCC(c1ccc(F)cc1)N1CCCC1. The van der Waals surface area contributed by atoms with Crippen LogP contribution in [0, 0.1) is 11.7 Å². The number of likely N-dealkylation sites (tertiary alicyclic amines) is 1. The first kappa shape index (κ1) is 17.7. The lowest BCUT2D eigenvalue weighted by molar-refractivity contribution is 0.220. The van der Waals surface area contributed by atoms with Crippen LogP contribution < -0.4 is 10.6 Å². The van der Waals surface area contributed by atoms with Crippen LogP contribution in [-0.2, 0) is 0 Å². The summed E-state index contributed by atoms with van der Waals surface area (Å²) < 4.78 is 13.2. The maximum Gasteiger partial charge on any atom is 0.314 e. The van der Waals surface area contributed by atoms with E-state index in [9.17, 15) is 9.18 Å². The Balaban J connectivity index is 1.90. The van der Waals surface area contributed by atoms with E-state index in [2.05, 4.69) is 29.4 Å². The van der Waals surface area contributed by atoms with Crippen molar-refractivity contribution in [2.24, 2.45) is 5.92 Å². The van der Waals surface area contributed by atoms with Crippen LogP contribution in [0.1, 0.15) is 44.7 Å². The van der Waals surface area contributed by atoms with E-state index < -0.39 is 0 Å². The summed E-state index contributed by atoms with van der Waals surface area (Å²) in [5.74, 6) is 0.347. The highest BCUT2D eigenvalue weighted by atomic mass is 19.1. The molecule has 1 saturated heterocycles. The summed E-state index contributed by atoms with van der Waals surface area (Å²) in [6, 6.07) is 6.58. The summed E-state index contributed by atoms with van der Waals surface area (Å²) in [5, 5.41) is 5.85. The maximum atomic E-state index is 13.2. The Kier molecular flexibility index (Phi) is 6.84. The largest absolute Gasteiger partial charge is 0.338 e. The van der Waals surface area contributed by atoms with E-state index >= 15 is 0 Å². The molecule has 1 aromatic carbocycles. The van der Waals surface area contributed by atoms with Crippen molar-refractivity contribution in [1.82, 2.24) is 15.5 Å². The Morgan fingerprint density at radius 1 is 1.17 bits per heavy atom. The predicted molar refractivity (Wildman–Crippen MR) is 90.8 cm³/mol. The molecule has 2 rings (SSSR count). The number of carbonyl (C=O) groups excluding carboxylic acids is 1. The van der Waals surface area contributed by atoms with E-state index in [1.807, 2.05) is 12.1 Å². The summed E-state index contributed by atoms with van der Waals surface area (Å²) in [4.78, 5) is 14.3. The molecular weight excluding hydrogens is 293 g/mol. The van der Waals surface area contributed by atoms with Gasteiger partial charge >= 0.3 is 6.03 Å². The molecule has 1 unspecified atom stereocenters. The number of hydrogen-bond donors (Lipinski definition) is 2. The van der Waals surface area contributed by atoms with Crippen molar-refractivity contribution in [3.8, 4) is 0 Å². The smallest absolute Gasteiger partial charge is 0.314 e. The van der Waals surface area contributed by atoms with Crippen molar-refractivity contribution >= 4 is 6.03 Å². The molecule has 0 spiro atoms. The first-order chi connectivity index (χ1) is 11.1. The van der Waals surface area contributed by atoms with Crippen molar-refractivity contribution in [2.45, 2.75) is 39.2 Å². The van der Waals surface area contributed by atoms with Gasteiger partial charge in [0.15, 0.2) is 0 Å². The highest BCUT2D eigenvalue weighted by Gasteiger charge is 2.23. The van der Waals surface area contributed by atoms with Gasteiger partial charge in [-0.2, -0.15) is 0 Å². The third kappa shape index (κ3) is 5.82. The number of carbonyl (C=O) groups is 1. The molecular formula is C18H28FN3O. The van der Waals surface area contributed by atoms with Gasteiger partial charge in [-0.3, -0.25) is 4.90 Å². The van der Waals surface area contributed by atoms with Crippen LogP contribution in [0.3, 0.4) is 0 Å². The van der Waals surface area contributed by atoms with E-state index in [1.165, 1.54) is 25.0 Å². The second kappa shape index (κ2) is 8.87. The van der Waals surface area contributed by atoms with Gasteiger partial charge in [0.2, 0.25) is 0 Å². The molecule has 5 heteroatoms. The van der Waals surface area contributed by atoms with Crippen molar-refractivity contribution in [2.75, 3.05) is 26.2 Å². The number of rotatable bonds is 7. The number of hydrogen-bond acceptors (Lipinski definition) is 2. The first-order valence-corrected chi connectivity index (χ1v) is 8.57. The Hall–Kier alpha value is -1.62. The molecule has 128 valence electrons. The standard InChI is InChI=1S/C18H28FN3O/c1-14(2)9-10-20-18(23)21-13-17(22-11-3-4-12-22)15-5-7-16(19)8-6-15/h5-8,14,17H,3-4,9-13H2,1-2H3,(H2,20,21,23). The second-order valence-corrected chi connectivity index (χ2v) is 6.63. The van der Waals surface area contributed by atoms with Gasteiger partial charge < -0.3 is 10.6 Å². The van der Waals surface area contributed by atoms with Crippen LogP contribution in [0.5, 0.6) is 0 Å². The third-order valence-electron chi connectivity index (χ3n) is 4.30. The van der Waals surface area contributed by atoms with E-state index in [0.29, 0.717) is 19.0 Å². The summed E-state index contributed by atoms with van der Waals surface area (Å²) in [6.45, 7) is 7.56. The highest BCUT2D eigenvalue weighted by molar-refractivity contribution is 5.73. The van der Waals surface area contributed by atoms with Crippen LogP contribution in [-0.4, -0.2) is 37.1 Å². The third-order valence-corrected chi connectivity index (χ3v) is 4.30. The lowest BCUT2D eigenvalue weighted by atomic mass is 10.1. The maximum absolute atomic E-state index is 13.2. The minimum atomic E-state index is -0.228. The van der Waals surface area contributed by atoms with Crippen LogP contribution in [0.25, 0.3) is 0 Å². The minimum absolute atomic E-state index is 0.106. The molecule has 1 aliphatic heterocycles. The zero-order valence-electron chi connectivity index (χ0n) is 14.1. The van der Waals surface area contributed by atoms with Gasteiger partial charge in [0.25, 0.3) is 0 Å². The van der Waals surface area contributed by atoms with Crippen LogP contribution in [0.4, 0.5) is 9.18 Å². The van der Waals surface area contributed by atoms with Crippen molar-refractivity contribution < 1.29 is 9.18 Å². The number of halogens is 1. The molecule has 4 nitrogen and oxygen atoms in total. The van der Waals surface area contributed by atoms with Crippen LogP contribution in [0.2, 0.25) is 0 Å². The molecule has 0 aliphatic carbocycles. The summed E-state index contributed by atoms with van der Waals surface area (Å²) >= 11 is 0. The topological polar surface area (TPSA) is 44.4 Å². The normalized spacial score (nSPS) is 16.5. The zero-order chi connectivity index (χ0) is 16.7. The molecule has 1 fully saturated rings. The Bertz CT molecular complexity index is 484. The van der Waals surface area contributed by atoms with E-state index in [4.69, 9.17) is 0 Å². The predicted octanol–water partition coefficient (Wildman–Crippen LogP) is 3.31. The van der Waals surface area contributed by atoms with Gasteiger partial charge in [-0.05, 0) is 56.0 Å². The lowest BCUT2D eigenvalue weighted by Crippen LogP contribution is -2.42.